The number of nitrogens with zero attached hydrogens (tertiary/aromatic N) is 3. The Morgan fingerprint density at radius 2 is 2.04 bits per heavy atom. The lowest BCUT2D eigenvalue weighted by Gasteiger charge is -2.11. The maximum absolute atomic E-state index is 12.7. The molecule has 1 N–H and O–H groups in total. The lowest BCUT2D eigenvalue weighted by molar-refractivity contribution is 0.310. The van der Waals surface area contributed by atoms with Crippen molar-refractivity contribution in [2.45, 2.75) is 19.8 Å². The fourth-order valence-corrected chi connectivity index (χ4v) is 2.84. The molecule has 0 radical (unpaired) electrons. The summed E-state index contributed by atoms with van der Waals surface area (Å²) >= 11 is 0. The molecule has 27 heavy (non-hydrogen) atoms. The number of hydrogen-bond acceptors (Lipinski definition) is 6. The van der Waals surface area contributed by atoms with E-state index in [2.05, 4.69) is 27.5 Å². The first-order valence-electron chi connectivity index (χ1n) is 8.80. The van der Waals surface area contributed by atoms with E-state index in [4.69, 9.17) is 9.15 Å². The fourth-order valence-electron chi connectivity index (χ4n) is 2.84. The summed E-state index contributed by atoms with van der Waals surface area (Å²) in [7, 11) is 0. The van der Waals surface area contributed by atoms with E-state index in [-0.39, 0.29) is 5.43 Å². The Hall–Kier alpha value is -3.48. The first kappa shape index (κ1) is 17.0. The van der Waals surface area contributed by atoms with Crippen LogP contribution in [0.25, 0.3) is 33.7 Å². The summed E-state index contributed by atoms with van der Waals surface area (Å²) in [6.45, 7) is 2.74. The van der Waals surface area contributed by atoms with Crippen LogP contribution in [0.5, 0.6) is 5.75 Å². The monoisotopic (exact) mass is 362 g/mol. The molecule has 2 aromatic heterocycles. The van der Waals surface area contributed by atoms with Gasteiger partial charge in [-0.05, 0) is 47.2 Å². The topological polar surface area (TPSA) is 93.9 Å². The number of benzene rings is 2. The molecular weight excluding hydrogens is 344 g/mol. The van der Waals surface area contributed by atoms with Gasteiger partial charge in [0.25, 0.3) is 0 Å². The van der Waals surface area contributed by atoms with Gasteiger partial charge in [0, 0.05) is 11.6 Å². The number of para-hydroxylation sites is 1. The number of nitrogens with one attached hydrogen (secondary N) is 1. The molecule has 0 saturated heterocycles. The molecule has 136 valence electrons. The van der Waals surface area contributed by atoms with Gasteiger partial charge in [0.15, 0.2) is 11.3 Å². The Balaban J connectivity index is 1.76. The van der Waals surface area contributed by atoms with Crippen molar-refractivity contribution in [3.63, 3.8) is 0 Å². The van der Waals surface area contributed by atoms with E-state index in [1.807, 2.05) is 24.3 Å². The van der Waals surface area contributed by atoms with Crippen LogP contribution in [-0.2, 0) is 0 Å². The first-order chi connectivity index (χ1) is 13.3. The number of ether oxygens (including phenoxy) is 1. The molecule has 0 fully saturated rings. The van der Waals surface area contributed by atoms with Crippen molar-refractivity contribution >= 4 is 11.0 Å². The molecular formula is C20H18N4O3. The van der Waals surface area contributed by atoms with Gasteiger partial charge < -0.3 is 9.15 Å². The second kappa shape index (κ2) is 7.41. The minimum absolute atomic E-state index is 0.135. The van der Waals surface area contributed by atoms with Gasteiger partial charge in [-0.1, -0.05) is 25.5 Å². The number of tetrazole rings is 1. The molecule has 0 bridgehead atoms. The number of unbranched alkanes of at least 4 members (excludes halogenated alkanes) is 1. The molecule has 0 amide bonds. The van der Waals surface area contributed by atoms with Crippen LogP contribution in [0.1, 0.15) is 19.8 Å². The van der Waals surface area contributed by atoms with Gasteiger partial charge in [-0.15, -0.1) is 5.10 Å². The SMILES string of the molecule is CCCCOc1ccccc1-c1cc(=O)c2cc(-c3nnn[nH]3)ccc2o1. The molecule has 0 unspecified atom stereocenters. The Morgan fingerprint density at radius 1 is 1.15 bits per heavy atom. The smallest absolute Gasteiger partial charge is 0.193 e. The maximum Gasteiger partial charge on any atom is 0.193 e. The largest absolute Gasteiger partial charge is 0.493 e. The number of aromatic nitrogens is 4. The van der Waals surface area contributed by atoms with E-state index in [9.17, 15) is 4.79 Å². The van der Waals surface area contributed by atoms with Crippen molar-refractivity contribution in [3.8, 4) is 28.5 Å². The number of H-pyrrole nitrogens is 1. The van der Waals surface area contributed by atoms with Gasteiger partial charge >= 0.3 is 0 Å². The molecule has 4 aromatic rings. The van der Waals surface area contributed by atoms with Crippen molar-refractivity contribution in [2.75, 3.05) is 6.61 Å². The van der Waals surface area contributed by atoms with Crippen LogP contribution in [0.2, 0.25) is 0 Å². The lowest BCUT2D eigenvalue weighted by Crippen LogP contribution is -2.02. The Morgan fingerprint density at radius 3 is 2.85 bits per heavy atom. The summed E-state index contributed by atoms with van der Waals surface area (Å²) in [5.41, 5.74) is 1.84. The zero-order valence-electron chi connectivity index (χ0n) is 14.8. The molecule has 0 atom stereocenters. The standard InChI is InChI=1S/C20H18N4O3/c1-2-3-10-26-17-7-5-4-6-14(17)19-12-16(25)15-11-13(8-9-18(15)27-19)20-21-23-24-22-20/h4-9,11-12H,2-3,10H2,1H3,(H,21,22,23,24). The molecule has 7 nitrogen and oxygen atoms in total. The van der Waals surface area contributed by atoms with Crippen molar-refractivity contribution in [1.82, 2.24) is 20.6 Å². The Kier molecular flexibility index (Phi) is 4.65. The first-order valence-corrected chi connectivity index (χ1v) is 8.80. The third kappa shape index (κ3) is 3.44. The van der Waals surface area contributed by atoms with Gasteiger partial charge in [-0.25, -0.2) is 5.10 Å². The molecule has 2 aromatic carbocycles. The van der Waals surface area contributed by atoms with Crippen molar-refractivity contribution in [3.05, 3.63) is 58.8 Å². The van der Waals surface area contributed by atoms with Gasteiger partial charge in [0.2, 0.25) is 0 Å². The number of aromatic amines is 1. The number of hydrogen-bond donors (Lipinski definition) is 1. The van der Waals surface area contributed by atoms with Crippen molar-refractivity contribution in [2.24, 2.45) is 0 Å². The van der Waals surface area contributed by atoms with Crippen LogP contribution in [-0.4, -0.2) is 27.2 Å². The van der Waals surface area contributed by atoms with Gasteiger partial charge in [-0.2, -0.15) is 0 Å². The molecule has 0 aliphatic carbocycles. The third-order valence-corrected chi connectivity index (χ3v) is 4.25. The molecule has 0 spiro atoms. The predicted molar refractivity (Wildman–Crippen MR) is 101 cm³/mol. The minimum atomic E-state index is -0.135. The second-order valence-electron chi connectivity index (χ2n) is 6.13. The molecule has 0 aliphatic heterocycles. The summed E-state index contributed by atoms with van der Waals surface area (Å²) in [5, 5.41) is 14.1. The van der Waals surface area contributed by atoms with Crippen LogP contribution in [0.3, 0.4) is 0 Å². The molecule has 7 heteroatoms. The van der Waals surface area contributed by atoms with E-state index >= 15 is 0 Å². The van der Waals surface area contributed by atoms with Gasteiger partial charge in [0.05, 0.1) is 17.6 Å². The molecule has 2 heterocycles. The van der Waals surface area contributed by atoms with Crippen LogP contribution in [0, 0.1) is 0 Å². The second-order valence-corrected chi connectivity index (χ2v) is 6.13. The normalized spacial score (nSPS) is 11.0. The summed E-state index contributed by atoms with van der Waals surface area (Å²) in [6.07, 6.45) is 2.02. The van der Waals surface area contributed by atoms with Crippen molar-refractivity contribution in [1.29, 1.82) is 0 Å². The predicted octanol–water partition coefficient (Wildman–Crippen LogP) is 3.82. The fraction of sp³-hybridized carbons (Fsp3) is 0.200. The Labute approximate surface area is 155 Å². The summed E-state index contributed by atoms with van der Waals surface area (Å²) < 4.78 is 11.9. The van der Waals surface area contributed by atoms with E-state index in [0.717, 1.165) is 24.0 Å². The Bertz CT molecular complexity index is 1120. The van der Waals surface area contributed by atoms with E-state index in [1.165, 1.54) is 6.07 Å². The van der Waals surface area contributed by atoms with E-state index in [0.29, 0.717) is 34.9 Å². The third-order valence-electron chi connectivity index (χ3n) is 4.25. The summed E-state index contributed by atoms with van der Waals surface area (Å²) in [4.78, 5) is 12.7. The van der Waals surface area contributed by atoms with Crippen LogP contribution in [0.4, 0.5) is 0 Å². The van der Waals surface area contributed by atoms with Gasteiger partial charge in [-0.3, -0.25) is 4.79 Å². The zero-order chi connectivity index (χ0) is 18.6. The highest BCUT2D eigenvalue weighted by Gasteiger charge is 2.13. The molecule has 4 rings (SSSR count). The average molecular weight is 362 g/mol. The van der Waals surface area contributed by atoms with Crippen LogP contribution >= 0.6 is 0 Å². The quantitative estimate of drug-likeness (QED) is 0.524. The lowest BCUT2D eigenvalue weighted by atomic mass is 10.1. The van der Waals surface area contributed by atoms with E-state index in [1.54, 1.807) is 18.2 Å². The van der Waals surface area contributed by atoms with Crippen molar-refractivity contribution < 1.29 is 9.15 Å². The maximum atomic E-state index is 12.7. The highest BCUT2D eigenvalue weighted by atomic mass is 16.5. The minimum Gasteiger partial charge on any atom is -0.493 e. The summed E-state index contributed by atoms with van der Waals surface area (Å²) in [6, 6.07) is 14.3. The molecule has 0 saturated carbocycles. The zero-order valence-corrected chi connectivity index (χ0v) is 14.8. The number of fused-ring (bicyclic) bond motifs is 1. The van der Waals surface area contributed by atoms with Crippen LogP contribution in [0.15, 0.2) is 57.7 Å². The van der Waals surface area contributed by atoms with E-state index < -0.39 is 0 Å². The highest BCUT2D eigenvalue weighted by molar-refractivity contribution is 5.83. The number of rotatable bonds is 6. The van der Waals surface area contributed by atoms with Gasteiger partial charge in [0.1, 0.15) is 17.1 Å². The average Bonchev–Trinajstić information content (AvgIpc) is 3.23. The van der Waals surface area contributed by atoms with Crippen LogP contribution < -0.4 is 10.2 Å². The summed E-state index contributed by atoms with van der Waals surface area (Å²) in [5.74, 6) is 1.68. The highest BCUT2D eigenvalue weighted by Crippen LogP contribution is 2.31. The molecule has 0 aliphatic rings.